The predicted molar refractivity (Wildman–Crippen MR) is 83.8 cm³/mol. The van der Waals surface area contributed by atoms with Crippen molar-refractivity contribution in [1.82, 2.24) is 0 Å². The van der Waals surface area contributed by atoms with Crippen molar-refractivity contribution in [3.8, 4) is 6.07 Å². The molecule has 0 saturated heterocycles. The molecule has 0 N–H and O–H groups in total. The first-order valence-electron chi connectivity index (χ1n) is 5.74. The van der Waals surface area contributed by atoms with Crippen molar-refractivity contribution >= 4 is 39.2 Å². The number of benzene rings is 2. The van der Waals surface area contributed by atoms with E-state index in [0.29, 0.717) is 10.6 Å². The smallest absolute Gasteiger partial charge is 0.0998 e. The molecule has 0 fully saturated rings. The number of rotatable bonds is 2. The van der Waals surface area contributed by atoms with Gasteiger partial charge in [-0.25, -0.2) is 0 Å². The maximum atomic E-state index is 9.28. The van der Waals surface area contributed by atoms with Gasteiger partial charge < -0.3 is 0 Å². The third kappa shape index (κ3) is 3.47. The lowest BCUT2D eigenvalue weighted by atomic mass is 10.0. The SMILES string of the molecule is Cc1ccc(/C=C(/C#N)c2cccc(Cl)c2)cc1Br. The van der Waals surface area contributed by atoms with Crippen LogP contribution in [0.5, 0.6) is 0 Å². The Balaban J connectivity index is 2.44. The number of halogens is 2. The summed E-state index contributed by atoms with van der Waals surface area (Å²) in [4.78, 5) is 0. The van der Waals surface area contributed by atoms with Crippen molar-refractivity contribution in [2.24, 2.45) is 0 Å². The Labute approximate surface area is 126 Å². The highest BCUT2D eigenvalue weighted by Gasteiger charge is 2.03. The molecule has 2 rings (SSSR count). The highest BCUT2D eigenvalue weighted by molar-refractivity contribution is 9.10. The summed E-state index contributed by atoms with van der Waals surface area (Å²) in [6.45, 7) is 2.03. The van der Waals surface area contributed by atoms with Gasteiger partial charge >= 0.3 is 0 Å². The van der Waals surface area contributed by atoms with E-state index in [1.807, 2.05) is 43.3 Å². The lowest BCUT2D eigenvalue weighted by molar-refractivity contribution is 1.42. The normalized spacial score (nSPS) is 11.2. The highest BCUT2D eigenvalue weighted by atomic mass is 79.9. The van der Waals surface area contributed by atoms with E-state index in [1.54, 1.807) is 12.1 Å². The molecule has 0 amide bonds. The van der Waals surface area contributed by atoms with Gasteiger partial charge in [-0.1, -0.05) is 51.8 Å². The monoisotopic (exact) mass is 331 g/mol. The molecular weight excluding hydrogens is 322 g/mol. The van der Waals surface area contributed by atoms with Gasteiger partial charge in [-0.05, 0) is 47.9 Å². The summed E-state index contributed by atoms with van der Waals surface area (Å²) in [7, 11) is 0. The average Bonchev–Trinajstić information content (AvgIpc) is 2.40. The van der Waals surface area contributed by atoms with Crippen LogP contribution in [0.3, 0.4) is 0 Å². The molecule has 0 heterocycles. The molecule has 2 aromatic rings. The number of aryl methyl sites for hydroxylation is 1. The minimum absolute atomic E-state index is 0.596. The van der Waals surface area contributed by atoms with E-state index in [4.69, 9.17) is 11.6 Å². The van der Waals surface area contributed by atoms with Crippen LogP contribution < -0.4 is 0 Å². The van der Waals surface area contributed by atoms with Gasteiger partial charge in [0.15, 0.2) is 0 Å². The molecule has 19 heavy (non-hydrogen) atoms. The number of nitrogens with zero attached hydrogens (tertiary/aromatic N) is 1. The minimum atomic E-state index is 0.596. The summed E-state index contributed by atoms with van der Waals surface area (Å²) < 4.78 is 1.03. The first kappa shape index (κ1) is 13.9. The van der Waals surface area contributed by atoms with E-state index >= 15 is 0 Å². The van der Waals surface area contributed by atoms with E-state index in [1.165, 1.54) is 5.56 Å². The maximum Gasteiger partial charge on any atom is 0.0998 e. The summed E-state index contributed by atoms with van der Waals surface area (Å²) in [5.41, 5.74) is 3.57. The summed E-state index contributed by atoms with van der Waals surface area (Å²) in [5, 5.41) is 9.91. The summed E-state index contributed by atoms with van der Waals surface area (Å²) in [6.07, 6.45) is 1.86. The van der Waals surface area contributed by atoms with Crippen molar-refractivity contribution < 1.29 is 0 Å². The molecule has 0 radical (unpaired) electrons. The molecule has 0 aliphatic carbocycles. The molecule has 0 atom stereocenters. The van der Waals surface area contributed by atoms with Crippen molar-refractivity contribution in [2.45, 2.75) is 6.92 Å². The van der Waals surface area contributed by atoms with Crippen LogP contribution in [0.1, 0.15) is 16.7 Å². The van der Waals surface area contributed by atoms with E-state index in [0.717, 1.165) is 15.6 Å². The Kier molecular flexibility index (Phi) is 4.42. The lowest BCUT2D eigenvalue weighted by Crippen LogP contribution is -1.83. The third-order valence-electron chi connectivity index (χ3n) is 2.76. The van der Waals surface area contributed by atoms with E-state index in [2.05, 4.69) is 22.0 Å². The van der Waals surface area contributed by atoms with Crippen LogP contribution in [0.4, 0.5) is 0 Å². The summed E-state index contributed by atoms with van der Waals surface area (Å²) in [6, 6.07) is 15.5. The molecule has 0 aliphatic rings. The minimum Gasteiger partial charge on any atom is -0.192 e. The first-order valence-corrected chi connectivity index (χ1v) is 6.91. The average molecular weight is 333 g/mol. The van der Waals surface area contributed by atoms with Gasteiger partial charge in [-0.2, -0.15) is 5.26 Å². The maximum absolute atomic E-state index is 9.28. The molecule has 1 nitrogen and oxygen atoms in total. The van der Waals surface area contributed by atoms with E-state index < -0.39 is 0 Å². The Morgan fingerprint density at radius 1 is 1.26 bits per heavy atom. The molecule has 94 valence electrons. The molecule has 0 aliphatic heterocycles. The lowest BCUT2D eigenvalue weighted by Gasteiger charge is -2.02. The number of hydrogen-bond donors (Lipinski definition) is 0. The van der Waals surface area contributed by atoms with Crippen molar-refractivity contribution in [2.75, 3.05) is 0 Å². The van der Waals surface area contributed by atoms with Crippen LogP contribution in [-0.2, 0) is 0 Å². The molecular formula is C16H11BrClN. The molecule has 3 heteroatoms. The van der Waals surface area contributed by atoms with Crippen molar-refractivity contribution in [3.63, 3.8) is 0 Å². The Morgan fingerprint density at radius 2 is 2.05 bits per heavy atom. The Morgan fingerprint density at radius 3 is 2.68 bits per heavy atom. The largest absolute Gasteiger partial charge is 0.192 e. The van der Waals surface area contributed by atoms with Crippen LogP contribution >= 0.6 is 27.5 Å². The second kappa shape index (κ2) is 6.06. The van der Waals surface area contributed by atoms with Gasteiger partial charge in [0.25, 0.3) is 0 Å². The second-order valence-corrected chi connectivity index (χ2v) is 5.48. The zero-order valence-electron chi connectivity index (χ0n) is 10.3. The van der Waals surface area contributed by atoms with Gasteiger partial charge in [0, 0.05) is 9.50 Å². The van der Waals surface area contributed by atoms with Gasteiger partial charge in [0.1, 0.15) is 0 Å². The first-order chi connectivity index (χ1) is 9.10. The van der Waals surface area contributed by atoms with E-state index in [9.17, 15) is 5.26 Å². The fourth-order valence-corrected chi connectivity index (χ4v) is 2.29. The third-order valence-corrected chi connectivity index (χ3v) is 3.85. The Bertz CT molecular complexity index is 683. The Hall–Kier alpha value is -1.56. The zero-order chi connectivity index (χ0) is 13.8. The van der Waals surface area contributed by atoms with Gasteiger partial charge in [0.2, 0.25) is 0 Å². The van der Waals surface area contributed by atoms with Crippen molar-refractivity contribution in [3.05, 3.63) is 68.7 Å². The fraction of sp³-hybridized carbons (Fsp3) is 0.0625. The molecule has 0 aromatic heterocycles. The number of nitriles is 1. The molecule has 0 spiro atoms. The second-order valence-electron chi connectivity index (χ2n) is 4.19. The van der Waals surface area contributed by atoms with Gasteiger partial charge in [-0.15, -0.1) is 0 Å². The van der Waals surface area contributed by atoms with Crippen molar-refractivity contribution in [1.29, 1.82) is 5.26 Å². The predicted octanol–water partition coefficient (Wildman–Crippen LogP) is 5.48. The van der Waals surface area contributed by atoms with Crippen LogP contribution in [0.2, 0.25) is 5.02 Å². The molecule has 2 aromatic carbocycles. The number of hydrogen-bond acceptors (Lipinski definition) is 1. The summed E-state index contributed by atoms with van der Waals surface area (Å²) >= 11 is 9.44. The van der Waals surface area contributed by atoms with Gasteiger partial charge in [0.05, 0.1) is 11.6 Å². The van der Waals surface area contributed by atoms with Gasteiger partial charge in [-0.3, -0.25) is 0 Å². The van der Waals surface area contributed by atoms with E-state index in [-0.39, 0.29) is 0 Å². The molecule has 0 bridgehead atoms. The van der Waals surface area contributed by atoms with Crippen LogP contribution in [0, 0.1) is 18.3 Å². The molecule has 0 unspecified atom stereocenters. The number of allylic oxidation sites excluding steroid dienone is 1. The standard InChI is InChI=1S/C16H11BrClN/c1-11-5-6-12(8-16(11)17)7-14(10-19)13-3-2-4-15(18)9-13/h2-9H,1H3/b14-7-. The topological polar surface area (TPSA) is 23.8 Å². The molecule has 0 saturated carbocycles. The van der Waals surface area contributed by atoms with Crippen LogP contribution in [-0.4, -0.2) is 0 Å². The summed E-state index contributed by atoms with van der Waals surface area (Å²) in [5.74, 6) is 0. The fourth-order valence-electron chi connectivity index (χ4n) is 1.70. The zero-order valence-corrected chi connectivity index (χ0v) is 12.7. The highest BCUT2D eigenvalue weighted by Crippen LogP contribution is 2.23. The van der Waals surface area contributed by atoms with Crippen LogP contribution in [0.25, 0.3) is 11.6 Å². The quantitative estimate of drug-likeness (QED) is 0.528. The van der Waals surface area contributed by atoms with Crippen LogP contribution in [0.15, 0.2) is 46.9 Å².